The summed E-state index contributed by atoms with van der Waals surface area (Å²) < 4.78 is 22.0. The first-order valence-corrected chi connectivity index (χ1v) is 12.1. The molecule has 6 nitrogen and oxygen atoms in total. The molecule has 3 rings (SSSR count). The Bertz CT molecular complexity index is 943. The van der Waals surface area contributed by atoms with E-state index in [0.29, 0.717) is 28.3 Å². The van der Waals surface area contributed by atoms with E-state index in [1.807, 2.05) is 24.3 Å². The zero-order chi connectivity index (χ0) is 22.6. The van der Waals surface area contributed by atoms with Crippen LogP contribution in [-0.2, 0) is 17.4 Å². The highest BCUT2D eigenvalue weighted by atomic mass is 32.2. The smallest absolute Gasteiger partial charge is 0.218 e. The number of carbonyl (C=O) groups is 1. The van der Waals surface area contributed by atoms with Gasteiger partial charge >= 0.3 is 0 Å². The van der Waals surface area contributed by atoms with E-state index in [9.17, 15) is 14.1 Å². The minimum Gasteiger partial charge on any atom is -0.469 e. The number of aliphatic hydroxyl groups excluding tert-OH is 1. The number of carbonyl (C=O) groups excluding carboxylic acids is 1. The molecule has 0 radical (unpaired) electrons. The van der Waals surface area contributed by atoms with Crippen molar-refractivity contribution in [3.63, 3.8) is 0 Å². The molecule has 0 spiro atoms. The Kier molecular flexibility index (Phi) is 7.62. The first kappa shape index (κ1) is 23.6. The van der Waals surface area contributed by atoms with Crippen molar-refractivity contribution in [2.45, 2.75) is 82.4 Å². The lowest BCUT2D eigenvalue weighted by Gasteiger charge is -2.41. The first-order chi connectivity index (χ1) is 14.8. The van der Waals surface area contributed by atoms with Gasteiger partial charge in [-0.15, -0.1) is 0 Å². The monoisotopic (exact) mass is 444 g/mol. The number of hydrogen-bond donors (Lipinski definition) is 2. The summed E-state index contributed by atoms with van der Waals surface area (Å²) in [5.41, 5.74) is 1.26. The molecule has 1 aliphatic heterocycles. The van der Waals surface area contributed by atoms with Crippen molar-refractivity contribution in [3.05, 3.63) is 53.2 Å². The fourth-order valence-electron chi connectivity index (χ4n) is 3.65. The van der Waals surface area contributed by atoms with Gasteiger partial charge in [-0.1, -0.05) is 38.8 Å². The van der Waals surface area contributed by atoms with Crippen LogP contribution in [0.2, 0.25) is 0 Å². The Morgan fingerprint density at radius 3 is 2.58 bits per heavy atom. The molecule has 0 fully saturated rings. The number of hydrogen-bond acceptors (Lipinski definition) is 5. The zero-order valence-electron chi connectivity index (χ0n) is 18.7. The number of aryl methyl sites for hydroxylation is 1. The molecule has 1 aromatic heterocycles. The standard InChI is InChI=1S/C24H32N2O4S/c1-5-7-8-9-20(27)17-14-19-21(22(28)24(3,4)30-23(19)25-15-17)26-31(29)18-12-10-16(6-2)11-13-18/h10-15,21-22,26,28H,5-9H2,1-4H3/t21-,22+,31?/m1/s1. The molecular formula is C24H32N2O4S. The number of fused-ring (bicyclic) bond motifs is 1. The van der Waals surface area contributed by atoms with Gasteiger partial charge in [0.1, 0.15) is 22.7 Å². The maximum atomic E-state index is 13.0. The Morgan fingerprint density at radius 1 is 1.23 bits per heavy atom. The zero-order valence-corrected chi connectivity index (χ0v) is 19.5. The lowest BCUT2D eigenvalue weighted by molar-refractivity contribution is -0.0630. The van der Waals surface area contributed by atoms with Crippen molar-refractivity contribution in [2.75, 3.05) is 0 Å². The molecule has 1 aromatic carbocycles. The summed E-state index contributed by atoms with van der Waals surface area (Å²) in [6.07, 6.45) is 4.78. The first-order valence-electron chi connectivity index (χ1n) is 10.9. The van der Waals surface area contributed by atoms with Gasteiger partial charge in [-0.05, 0) is 50.5 Å². The van der Waals surface area contributed by atoms with Crippen molar-refractivity contribution in [1.29, 1.82) is 0 Å². The summed E-state index contributed by atoms with van der Waals surface area (Å²) >= 11 is 0. The third-order valence-corrected chi connectivity index (χ3v) is 6.88. The second kappa shape index (κ2) is 10.0. The highest BCUT2D eigenvalue weighted by Gasteiger charge is 2.44. The SMILES string of the molecule is CCCCCC(=O)c1cnc2c(c1)[C@@H](NS(=O)c1ccc(CC)cc1)[C@H](O)C(C)(C)O2. The number of unbranched alkanes of at least 4 members (excludes halogenated alkanes) is 2. The number of aliphatic hydroxyl groups is 1. The molecule has 1 unspecified atom stereocenters. The van der Waals surface area contributed by atoms with Gasteiger partial charge < -0.3 is 9.84 Å². The highest BCUT2D eigenvalue weighted by molar-refractivity contribution is 7.83. The van der Waals surface area contributed by atoms with E-state index < -0.39 is 28.7 Å². The van der Waals surface area contributed by atoms with Crippen LogP contribution in [0.4, 0.5) is 0 Å². The van der Waals surface area contributed by atoms with Crippen LogP contribution in [0.1, 0.15) is 80.9 Å². The second-order valence-corrected chi connectivity index (χ2v) is 9.76. The van der Waals surface area contributed by atoms with Gasteiger partial charge in [0.05, 0.1) is 10.9 Å². The van der Waals surface area contributed by atoms with E-state index in [0.717, 1.165) is 31.2 Å². The number of nitrogens with one attached hydrogen (secondary N) is 1. The maximum Gasteiger partial charge on any atom is 0.218 e. The summed E-state index contributed by atoms with van der Waals surface area (Å²) in [4.78, 5) is 17.6. The van der Waals surface area contributed by atoms with E-state index in [4.69, 9.17) is 4.74 Å². The molecule has 3 atom stereocenters. The summed E-state index contributed by atoms with van der Waals surface area (Å²) in [5.74, 6) is 0.356. The molecule has 2 aromatic rings. The summed E-state index contributed by atoms with van der Waals surface area (Å²) in [6, 6.07) is 8.56. The molecular weight excluding hydrogens is 412 g/mol. The number of Topliss-reactive ketones (excluding diaryl/α,β-unsaturated/α-hetero) is 1. The molecule has 0 bridgehead atoms. The van der Waals surface area contributed by atoms with E-state index in [2.05, 4.69) is 23.6 Å². The largest absolute Gasteiger partial charge is 0.469 e. The molecule has 2 N–H and O–H groups in total. The van der Waals surface area contributed by atoms with Gasteiger partial charge in [-0.3, -0.25) is 4.79 Å². The molecule has 0 saturated carbocycles. The van der Waals surface area contributed by atoms with Crippen LogP contribution < -0.4 is 9.46 Å². The summed E-state index contributed by atoms with van der Waals surface area (Å²) in [7, 11) is -1.55. The van der Waals surface area contributed by atoms with Crippen molar-refractivity contribution < 1.29 is 18.8 Å². The van der Waals surface area contributed by atoms with Crippen LogP contribution in [0.3, 0.4) is 0 Å². The molecule has 31 heavy (non-hydrogen) atoms. The molecule has 0 amide bonds. The van der Waals surface area contributed by atoms with Crippen LogP contribution >= 0.6 is 0 Å². The van der Waals surface area contributed by atoms with E-state index in [-0.39, 0.29) is 5.78 Å². The Morgan fingerprint density at radius 2 is 1.94 bits per heavy atom. The van der Waals surface area contributed by atoms with Crippen LogP contribution in [0.15, 0.2) is 41.4 Å². The van der Waals surface area contributed by atoms with Crippen LogP contribution in [0.5, 0.6) is 5.88 Å². The Hall–Kier alpha value is -2.09. The molecule has 2 heterocycles. The van der Waals surface area contributed by atoms with E-state index in [1.165, 1.54) is 6.20 Å². The quantitative estimate of drug-likeness (QED) is 0.445. The normalized spacial score (nSPS) is 20.5. The van der Waals surface area contributed by atoms with Crippen molar-refractivity contribution in [3.8, 4) is 5.88 Å². The van der Waals surface area contributed by atoms with Crippen molar-refractivity contribution in [2.24, 2.45) is 0 Å². The highest BCUT2D eigenvalue weighted by Crippen LogP contribution is 2.39. The van der Waals surface area contributed by atoms with Gasteiger partial charge in [0.25, 0.3) is 0 Å². The fourth-order valence-corrected chi connectivity index (χ4v) is 4.66. The minimum absolute atomic E-state index is 0.0121. The maximum absolute atomic E-state index is 13.0. The topological polar surface area (TPSA) is 88.5 Å². The number of ether oxygens (including phenoxy) is 1. The van der Waals surface area contributed by atoms with E-state index in [1.54, 1.807) is 19.9 Å². The van der Waals surface area contributed by atoms with Gasteiger partial charge in [0, 0.05) is 23.7 Å². The Balaban J connectivity index is 1.89. The molecule has 168 valence electrons. The number of rotatable bonds is 9. The number of nitrogens with zero attached hydrogens (tertiary/aromatic N) is 1. The van der Waals surface area contributed by atoms with Crippen LogP contribution in [-0.4, -0.2) is 31.8 Å². The van der Waals surface area contributed by atoms with Gasteiger partial charge in [0.2, 0.25) is 5.88 Å². The number of pyridine rings is 1. The summed E-state index contributed by atoms with van der Waals surface area (Å²) in [6.45, 7) is 7.69. The average molecular weight is 445 g/mol. The van der Waals surface area contributed by atoms with Crippen LogP contribution in [0, 0.1) is 0 Å². The third-order valence-electron chi connectivity index (χ3n) is 5.71. The number of ketones is 1. The minimum atomic E-state index is -1.55. The van der Waals surface area contributed by atoms with Gasteiger partial charge in [-0.25, -0.2) is 13.9 Å². The summed E-state index contributed by atoms with van der Waals surface area (Å²) in [5, 5.41) is 11.0. The molecule has 0 aliphatic carbocycles. The van der Waals surface area contributed by atoms with Crippen molar-refractivity contribution in [1.82, 2.24) is 9.71 Å². The predicted octanol–water partition coefficient (Wildman–Crippen LogP) is 4.29. The van der Waals surface area contributed by atoms with Gasteiger partial charge in [0.15, 0.2) is 5.78 Å². The third kappa shape index (κ3) is 5.40. The number of benzene rings is 1. The second-order valence-electron chi connectivity index (χ2n) is 8.51. The molecule has 1 aliphatic rings. The average Bonchev–Trinajstić information content (AvgIpc) is 2.76. The molecule has 7 heteroatoms. The van der Waals surface area contributed by atoms with Crippen LogP contribution in [0.25, 0.3) is 0 Å². The van der Waals surface area contributed by atoms with E-state index >= 15 is 0 Å². The fraction of sp³-hybridized carbons (Fsp3) is 0.500. The van der Waals surface area contributed by atoms with Gasteiger partial charge in [-0.2, -0.15) is 0 Å². The Labute approximate surface area is 187 Å². The lowest BCUT2D eigenvalue weighted by Crippen LogP contribution is -2.53. The number of aromatic nitrogens is 1. The van der Waals surface area contributed by atoms with Crippen molar-refractivity contribution >= 4 is 16.8 Å². The molecule has 0 saturated heterocycles. The lowest BCUT2D eigenvalue weighted by atomic mass is 9.87. The predicted molar refractivity (Wildman–Crippen MR) is 122 cm³/mol.